The normalized spacial score (nSPS) is 10.7. The summed E-state index contributed by atoms with van der Waals surface area (Å²) in [6.45, 7) is 4.54. The number of aryl methyl sites for hydroxylation is 1. The lowest BCUT2D eigenvalue weighted by Crippen LogP contribution is -2.14. The average molecular weight is 349 g/mol. The van der Waals surface area contributed by atoms with E-state index in [9.17, 15) is 9.90 Å². The topological polar surface area (TPSA) is 51.5 Å². The molecular formula is C22H23NO3. The Labute approximate surface area is 153 Å². The number of aromatic nitrogens is 1. The first-order chi connectivity index (χ1) is 12.6. The van der Waals surface area contributed by atoms with Gasteiger partial charge in [-0.3, -0.25) is 4.79 Å². The van der Waals surface area contributed by atoms with Crippen LogP contribution in [0.3, 0.4) is 0 Å². The van der Waals surface area contributed by atoms with Gasteiger partial charge in [0.1, 0.15) is 5.75 Å². The number of ether oxygens (including phenoxy) is 1. The standard InChI is InChI=1S/C22H23NO3/c1-16-12-20(17(2)23(16)13-18-8-4-3-5-9-18)21(25)15-26-22-11-7-6-10-19(22)14-24/h3-12,24H,13-15H2,1-2H3. The molecule has 4 heteroatoms. The SMILES string of the molecule is Cc1cc(C(=O)COc2ccccc2CO)c(C)n1Cc1ccccc1. The van der Waals surface area contributed by atoms with Crippen molar-refractivity contribution in [3.05, 3.63) is 88.7 Å². The first-order valence-electron chi connectivity index (χ1n) is 8.65. The van der Waals surface area contributed by atoms with Crippen LogP contribution < -0.4 is 4.74 Å². The van der Waals surface area contributed by atoms with E-state index in [0.717, 1.165) is 17.9 Å². The van der Waals surface area contributed by atoms with E-state index < -0.39 is 0 Å². The van der Waals surface area contributed by atoms with Crippen LogP contribution in [0.5, 0.6) is 5.75 Å². The van der Waals surface area contributed by atoms with Gasteiger partial charge in [-0.05, 0) is 31.5 Å². The van der Waals surface area contributed by atoms with Gasteiger partial charge in [0.05, 0.1) is 6.61 Å². The molecule has 0 amide bonds. The zero-order valence-electron chi connectivity index (χ0n) is 15.1. The highest BCUT2D eigenvalue weighted by Gasteiger charge is 2.17. The fourth-order valence-electron chi connectivity index (χ4n) is 3.09. The monoisotopic (exact) mass is 349 g/mol. The Kier molecular flexibility index (Phi) is 5.54. The number of hydrogen-bond acceptors (Lipinski definition) is 3. The number of carbonyl (C=O) groups excluding carboxylic acids is 1. The van der Waals surface area contributed by atoms with E-state index in [4.69, 9.17) is 4.74 Å². The molecule has 0 saturated heterocycles. The number of ketones is 1. The van der Waals surface area contributed by atoms with Crippen molar-refractivity contribution in [1.82, 2.24) is 4.57 Å². The van der Waals surface area contributed by atoms with Crippen molar-refractivity contribution in [1.29, 1.82) is 0 Å². The summed E-state index contributed by atoms with van der Waals surface area (Å²) in [4.78, 5) is 12.7. The molecule has 0 aliphatic carbocycles. The summed E-state index contributed by atoms with van der Waals surface area (Å²) in [5.41, 5.74) is 4.54. The van der Waals surface area contributed by atoms with E-state index in [-0.39, 0.29) is 19.0 Å². The van der Waals surface area contributed by atoms with Crippen LogP contribution >= 0.6 is 0 Å². The molecule has 134 valence electrons. The van der Waals surface area contributed by atoms with Crippen LogP contribution in [0.1, 0.15) is 32.9 Å². The van der Waals surface area contributed by atoms with Gasteiger partial charge >= 0.3 is 0 Å². The predicted molar refractivity (Wildman–Crippen MR) is 102 cm³/mol. The second kappa shape index (κ2) is 8.02. The fraction of sp³-hybridized carbons (Fsp3) is 0.227. The second-order valence-corrected chi connectivity index (χ2v) is 6.33. The molecule has 0 aliphatic rings. The first kappa shape index (κ1) is 18.0. The van der Waals surface area contributed by atoms with E-state index in [1.165, 1.54) is 5.56 Å². The molecule has 1 aromatic heterocycles. The maximum Gasteiger partial charge on any atom is 0.202 e. The van der Waals surface area contributed by atoms with Gasteiger partial charge in [0.15, 0.2) is 6.61 Å². The van der Waals surface area contributed by atoms with Gasteiger partial charge in [0.25, 0.3) is 0 Å². The number of nitrogens with zero attached hydrogens (tertiary/aromatic N) is 1. The largest absolute Gasteiger partial charge is 0.485 e. The van der Waals surface area contributed by atoms with Gasteiger partial charge in [0, 0.05) is 29.1 Å². The van der Waals surface area contributed by atoms with Gasteiger partial charge < -0.3 is 14.4 Å². The number of Topliss-reactive ketones (excluding diaryl/α,β-unsaturated/α-hetero) is 1. The van der Waals surface area contributed by atoms with Gasteiger partial charge in [-0.25, -0.2) is 0 Å². The van der Waals surface area contributed by atoms with Crippen molar-refractivity contribution < 1.29 is 14.6 Å². The summed E-state index contributed by atoms with van der Waals surface area (Å²) in [6, 6.07) is 19.3. The van der Waals surface area contributed by atoms with Crippen LogP contribution in [0.15, 0.2) is 60.7 Å². The second-order valence-electron chi connectivity index (χ2n) is 6.33. The molecule has 0 aliphatic heterocycles. The molecule has 0 spiro atoms. The lowest BCUT2D eigenvalue weighted by atomic mass is 10.1. The van der Waals surface area contributed by atoms with Crippen LogP contribution in [0.4, 0.5) is 0 Å². The third-order valence-electron chi connectivity index (χ3n) is 4.56. The molecule has 3 rings (SSSR count). The number of rotatable bonds is 7. The minimum Gasteiger partial charge on any atom is -0.485 e. The molecule has 0 atom stereocenters. The summed E-state index contributed by atoms with van der Waals surface area (Å²) >= 11 is 0. The highest BCUT2D eigenvalue weighted by Crippen LogP contribution is 2.20. The maximum absolute atomic E-state index is 12.7. The molecule has 1 N–H and O–H groups in total. The lowest BCUT2D eigenvalue weighted by Gasteiger charge is -2.11. The molecule has 0 bridgehead atoms. The van der Waals surface area contributed by atoms with Crippen molar-refractivity contribution >= 4 is 5.78 Å². The van der Waals surface area contributed by atoms with E-state index in [1.54, 1.807) is 12.1 Å². The smallest absolute Gasteiger partial charge is 0.202 e. The Morgan fingerprint density at radius 3 is 2.46 bits per heavy atom. The highest BCUT2D eigenvalue weighted by molar-refractivity contribution is 5.98. The zero-order chi connectivity index (χ0) is 18.5. The molecule has 2 aromatic carbocycles. The number of benzene rings is 2. The number of carbonyl (C=O) groups is 1. The molecule has 0 fully saturated rings. The zero-order valence-corrected chi connectivity index (χ0v) is 15.1. The van der Waals surface area contributed by atoms with Gasteiger partial charge in [-0.15, -0.1) is 0 Å². The number of para-hydroxylation sites is 1. The van der Waals surface area contributed by atoms with Gasteiger partial charge in [-0.1, -0.05) is 48.5 Å². The Bertz CT molecular complexity index is 897. The molecular weight excluding hydrogens is 326 g/mol. The van der Waals surface area contributed by atoms with Crippen LogP contribution in [0.2, 0.25) is 0 Å². The van der Waals surface area contributed by atoms with Crippen molar-refractivity contribution in [3.8, 4) is 5.75 Å². The van der Waals surface area contributed by atoms with Crippen LogP contribution in [-0.2, 0) is 13.2 Å². The summed E-state index contributed by atoms with van der Waals surface area (Å²) in [5.74, 6) is 0.478. The minimum atomic E-state index is -0.115. The minimum absolute atomic E-state index is 0.0490. The predicted octanol–water partition coefficient (Wildman–Crippen LogP) is 3.91. The molecule has 0 saturated carbocycles. The summed E-state index contributed by atoms with van der Waals surface area (Å²) in [5, 5.41) is 9.36. The Balaban J connectivity index is 1.75. The molecule has 4 nitrogen and oxygen atoms in total. The van der Waals surface area contributed by atoms with E-state index in [1.807, 2.05) is 50.2 Å². The number of aliphatic hydroxyl groups excluding tert-OH is 1. The molecule has 0 radical (unpaired) electrons. The summed E-state index contributed by atoms with van der Waals surface area (Å²) < 4.78 is 7.79. The Morgan fingerprint density at radius 1 is 1.04 bits per heavy atom. The molecule has 3 aromatic rings. The van der Waals surface area contributed by atoms with Crippen molar-refractivity contribution in [2.45, 2.75) is 27.0 Å². The van der Waals surface area contributed by atoms with Crippen LogP contribution in [0, 0.1) is 13.8 Å². The maximum atomic E-state index is 12.7. The average Bonchev–Trinajstić information content (AvgIpc) is 2.95. The van der Waals surface area contributed by atoms with Crippen LogP contribution in [0.25, 0.3) is 0 Å². The summed E-state index contributed by atoms with van der Waals surface area (Å²) in [6.07, 6.45) is 0. The van der Waals surface area contributed by atoms with E-state index >= 15 is 0 Å². The van der Waals surface area contributed by atoms with Gasteiger partial charge in [0.2, 0.25) is 5.78 Å². The van der Waals surface area contributed by atoms with E-state index in [0.29, 0.717) is 16.9 Å². The Hall–Kier alpha value is -2.85. The summed E-state index contributed by atoms with van der Waals surface area (Å²) in [7, 11) is 0. The van der Waals surface area contributed by atoms with Crippen molar-refractivity contribution in [2.75, 3.05) is 6.61 Å². The third kappa shape index (κ3) is 3.86. The molecule has 1 heterocycles. The lowest BCUT2D eigenvalue weighted by molar-refractivity contribution is 0.0918. The Morgan fingerprint density at radius 2 is 1.73 bits per heavy atom. The van der Waals surface area contributed by atoms with E-state index in [2.05, 4.69) is 16.7 Å². The molecule has 0 unspecified atom stereocenters. The van der Waals surface area contributed by atoms with Crippen molar-refractivity contribution in [3.63, 3.8) is 0 Å². The number of aliphatic hydroxyl groups is 1. The third-order valence-corrected chi connectivity index (χ3v) is 4.56. The quantitative estimate of drug-likeness (QED) is 0.658. The number of hydrogen-bond donors (Lipinski definition) is 1. The fourth-order valence-corrected chi connectivity index (χ4v) is 3.09. The highest BCUT2D eigenvalue weighted by atomic mass is 16.5. The van der Waals surface area contributed by atoms with Crippen LogP contribution in [-0.4, -0.2) is 22.1 Å². The molecule has 26 heavy (non-hydrogen) atoms. The van der Waals surface area contributed by atoms with Gasteiger partial charge in [-0.2, -0.15) is 0 Å². The first-order valence-corrected chi connectivity index (χ1v) is 8.65. The van der Waals surface area contributed by atoms with Crippen molar-refractivity contribution in [2.24, 2.45) is 0 Å².